The standard InChI is InChI=1S/C13H16F3N3O2/c14-13(15,16)9-21-11-7-10(3-4-17-11)8-18-12(20)19-5-1-2-6-19/h3-4,7H,1-2,5-6,8-9H2,(H,18,20). The first-order chi connectivity index (χ1) is 9.94. The Morgan fingerprint density at radius 2 is 2.10 bits per heavy atom. The average Bonchev–Trinajstić information content (AvgIpc) is 2.96. The number of urea groups is 1. The fraction of sp³-hybridized carbons (Fsp3) is 0.538. The van der Waals surface area contributed by atoms with Crippen LogP contribution >= 0.6 is 0 Å². The molecule has 5 nitrogen and oxygen atoms in total. The van der Waals surface area contributed by atoms with Gasteiger partial charge in [0.1, 0.15) is 0 Å². The van der Waals surface area contributed by atoms with E-state index >= 15 is 0 Å². The van der Waals surface area contributed by atoms with Crippen LogP contribution in [0.15, 0.2) is 18.3 Å². The zero-order chi connectivity index (χ0) is 15.3. The van der Waals surface area contributed by atoms with Crippen LogP contribution in [-0.4, -0.2) is 41.8 Å². The number of hydrogen-bond acceptors (Lipinski definition) is 3. The molecule has 0 bridgehead atoms. The quantitative estimate of drug-likeness (QED) is 0.929. The van der Waals surface area contributed by atoms with Crippen molar-refractivity contribution in [1.29, 1.82) is 0 Å². The van der Waals surface area contributed by atoms with Crippen LogP contribution in [0.1, 0.15) is 18.4 Å². The highest BCUT2D eigenvalue weighted by Crippen LogP contribution is 2.17. The predicted octanol–water partition coefficient (Wildman–Crippen LogP) is 2.33. The molecule has 0 spiro atoms. The van der Waals surface area contributed by atoms with Crippen LogP contribution in [-0.2, 0) is 6.54 Å². The Kier molecular flexibility index (Phi) is 4.87. The minimum Gasteiger partial charge on any atom is -0.468 e. The molecule has 1 aromatic heterocycles. The summed E-state index contributed by atoms with van der Waals surface area (Å²) in [5.74, 6) is -0.111. The molecule has 0 radical (unpaired) electrons. The van der Waals surface area contributed by atoms with E-state index in [2.05, 4.69) is 15.0 Å². The van der Waals surface area contributed by atoms with Gasteiger partial charge in [0.05, 0.1) is 0 Å². The lowest BCUT2D eigenvalue weighted by Gasteiger charge is -2.16. The van der Waals surface area contributed by atoms with E-state index in [0.717, 1.165) is 25.9 Å². The molecule has 0 aliphatic carbocycles. The first-order valence-corrected chi connectivity index (χ1v) is 6.61. The van der Waals surface area contributed by atoms with Crippen LogP contribution in [0.5, 0.6) is 5.88 Å². The summed E-state index contributed by atoms with van der Waals surface area (Å²) in [5, 5.41) is 2.72. The Morgan fingerprint density at radius 3 is 2.76 bits per heavy atom. The monoisotopic (exact) mass is 303 g/mol. The number of amides is 2. The van der Waals surface area contributed by atoms with E-state index in [1.165, 1.54) is 12.3 Å². The average molecular weight is 303 g/mol. The van der Waals surface area contributed by atoms with Gasteiger partial charge in [0.2, 0.25) is 5.88 Å². The van der Waals surface area contributed by atoms with Crippen LogP contribution in [0.25, 0.3) is 0 Å². The van der Waals surface area contributed by atoms with Crippen LogP contribution in [0.4, 0.5) is 18.0 Å². The molecule has 0 unspecified atom stereocenters. The molecular weight excluding hydrogens is 287 g/mol. The second-order valence-electron chi connectivity index (χ2n) is 4.76. The molecule has 2 rings (SSSR count). The second-order valence-corrected chi connectivity index (χ2v) is 4.76. The van der Waals surface area contributed by atoms with Gasteiger partial charge in [-0.2, -0.15) is 13.2 Å². The summed E-state index contributed by atoms with van der Waals surface area (Å²) < 4.78 is 40.7. The first-order valence-electron chi connectivity index (χ1n) is 6.61. The number of aromatic nitrogens is 1. The number of halogens is 3. The van der Waals surface area contributed by atoms with Gasteiger partial charge in [0.15, 0.2) is 6.61 Å². The number of nitrogens with one attached hydrogen (secondary N) is 1. The molecular formula is C13H16F3N3O2. The molecule has 2 amide bonds. The van der Waals surface area contributed by atoms with E-state index < -0.39 is 12.8 Å². The highest BCUT2D eigenvalue weighted by atomic mass is 19.4. The number of carbonyl (C=O) groups is 1. The highest BCUT2D eigenvalue weighted by molar-refractivity contribution is 5.74. The van der Waals surface area contributed by atoms with E-state index in [-0.39, 0.29) is 18.5 Å². The van der Waals surface area contributed by atoms with E-state index in [4.69, 9.17) is 0 Å². The van der Waals surface area contributed by atoms with Gasteiger partial charge in [-0.15, -0.1) is 0 Å². The fourth-order valence-corrected chi connectivity index (χ4v) is 2.00. The largest absolute Gasteiger partial charge is 0.468 e. The Bertz CT molecular complexity index is 488. The van der Waals surface area contributed by atoms with Gasteiger partial charge in [0, 0.05) is 31.9 Å². The van der Waals surface area contributed by atoms with E-state index in [0.29, 0.717) is 5.56 Å². The molecule has 1 aliphatic heterocycles. The van der Waals surface area contributed by atoms with Crippen molar-refractivity contribution in [2.24, 2.45) is 0 Å². The smallest absolute Gasteiger partial charge is 0.422 e. The number of carbonyl (C=O) groups excluding carboxylic acids is 1. The van der Waals surface area contributed by atoms with Gasteiger partial charge in [-0.3, -0.25) is 0 Å². The summed E-state index contributed by atoms with van der Waals surface area (Å²) in [7, 11) is 0. The van der Waals surface area contributed by atoms with Crippen molar-refractivity contribution in [1.82, 2.24) is 15.2 Å². The second kappa shape index (κ2) is 6.64. The first kappa shape index (κ1) is 15.4. The van der Waals surface area contributed by atoms with Crippen molar-refractivity contribution in [3.05, 3.63) is 23.9 Å². The molecule has 1 aliphatic rings. The van der Waals surface area contributed by atoms with Crippen LogP contribution < -0.4 is 10.1 Å². The number of rotatable bonds is 4. The SMILES string of the molecule is O=C(NCc1ccnc(OCC(F)(F)F)c1)N1CCCC1. The summed E-state index contributed by atoms with van der Waals surface area (Å²) in [5.41, 5.74) is 0.634. The number of pyridine rings is 1. The molecule has 0 saturated carbocycles. The molecule has 1 aromatic rings. The third-order valence-electron chi connectivity index (χ3n) is 3.02. The Hall–Kier alpha value is -1.99. The molecule has 0 aromatic carbocycles. The number of ether oxygens (including phenoxy) is 1. The van der Waals surface area contributed by atoms with Crippen LogP contribution in [0.2, 0.25) is 0 Å². The minimum absolute atomic E-state index is 0.111. The summed E-state index contributed by atoms with van der Waals surface area (Å²) in [6.45, 7) is 0.314. The van der Waals surface area contributed by atoms with Crippen molar-refractivity contribution in [2.45, 2.75) is 25.6 Å². The lowest BCUT2D eigenvalue weighted by Crippen LogP contribution is -2.37. The molecule has 1 fully saturated rings. The Labute approximate surface area is 120 Å². The van der Waals surface area contributed by atoms with Crippen LogP contribution in [0, 0.1) is 0 Å². The lowest BCUT2D eigenvalue weighted by molar-refractivity contribution is -0.154. The minimum atomic E-state index is -4.40. The Balaban J connectivity index is 1.84. The molecule has 2 heterocycles. The van der Waals surface area contributed by atoms with Gasteiger partial charge in [-0.05, 0) is 24.5 Å². The zero-order valence-corrected chi connectivity index (χ0v) is 11.3. The molecule has 116 valence electrons. The summed E-state index contributed by atoms with van der Waals surface area (Å²) in [6, 6.07) is 2.84. The maximum atomic E-state index is 12.1. The maximum absolute atomic E-state index is 12.1. The van der Waals surface area contributed by atoms with Crippen molar-refractivity contribution in [3.8, 4) is 5.88 Å². The van der Waals surface area contributed by atoms with E-state index in [1.807, 2.05) is 0 Å². The molecule has 1 N–H and O–H groups in total. The number of hydrogen-bond donors (Lipinski definition) is 1. The molecule has 1 saturated heterocycles. The third kappa shape index (κ3) is 5.13. The number of nitrogens with zero attached hydrogens (tertiary/aromatic N) is 2. The summed E-state index contributed by atoms with van der Waals surface area (Å²) in [4.78, 5) is 17.2. The fourth-order valence-electron chi connectivity index (χ4n) is 2.00. The van der Waals surface area contributed by atoms with Gasteiger partial charge in [0.25, 0.3) is 0 Å². The van der Waals surface area contributed by atoms with Crippen molar-refractivity contribution in [3.63, 3.8) is 0 Å². The van der Waals surface area contributed by atoms with Crippen molar-refractivity contribution in [2.75, 3.05) is 19.7 Å². The van der Waals surface area contributed by atoms with Gasteiger partial charge < -0.3 is 15.0 Å². The normalized spacial score (nSPS) is 15.1. The van der Waals surface area contributed by atoms with Crippen LogP contribution in [0.3, 0.4) is 0 Å². The topological polar surface area (TPSA) is 54.5 Å². The zero-order valence-electron chi connectivity index (χ0n) is 11.3. The number of likely N-dealkylation sites (tertiary alicyclic amines) is 1. The summed E-state index contributed by atoms with van der Waals surface area (Å²) in [6.07, 6.45) is -1.05. The van der Waals surface area contributed by atoms with Gasteiger partial charge in [-0.1, -0.05) is 0 Å². The van der Waals surface area contributed by atoms with Crippen molar-refractivity contribution >= 4 is 6.03 Å². The molecule has 21 heavy (non-hydrogen) atoms. The van der Waals surface area contributed by atoms with E-state index in [1.54, 1.807) is 11.0 Å². The van der Waals surface area contributed by atoms with E-state index in [9.17, 15) is 18.0 Å². The molecule has 0 atom stereocenters. The molecule has 8 heteroatoms. The lowest BCUT2D eigenvalue weighted by atomic mass is 10.2. The number of alkyl halides is 3. The van der Waals surface area contributed by atoms with Gasteiger partial charge in [-0.25, -0.2) is 9.78 Å². The summed E-state index contributed by atoms with van der Waals surface area (Å²) >= 11 is 0. The third-order valence-corrected chi connectivity index (χ3v) is 3.02. The maximum Gasteiger partial charge on any atom is 0.422 e. The Morgan fingerprint density at radius 1 is 1.38 bits per heavy atom. The predicted molar refractivity (Wildman–Crippen MR) is 68.8 cm³/mol. The van der Waals surface area contributed by atoms with Crippen molar-refractivity contribution < 1.29 is 22.7 Å². The highest BCUT2D eigenvalue weighted by Gasteiger charge is 2.28. The van der Waals surface area contributed by atoms with Gasteiger partial charge >= 0.3 is 12.2 Å².